The van der Waals surface area contributed by atoms with Gasteiger partial charge in [0.2, 0.25) is 5.91 Å². The largest absolute Gasteiger partial charge is 0.405 e. The van der Waals surface area contributed by atoms with Crippen molar-refractivity contribution in [2.45, 2.75) is 13.1 Å². The normalized spacial score (nSPS) is 11.1. The molecule has 0 aliphatic rings. The molecule has 4 nitrogen and oxygen atoms in total. The van der Waals surface area contributed by atoms with Crippen molar-refractivity contribution in [1.29, 1.82) is 0 Å². The van der Waals surface area contributed by atoms with Crippen molar-refractivity contribution in [3.8, 4) is 0 Å². The molecule has 0 aromatic heterocycles. The van der Waals surface area contributed by atoms with E-state index in [0.29, 0.717) is 5.56 Å². The Labute approximate surface area is 118 Å². The van der Waals surface area contributed by atoms with Gasteiger partial charge in [-0.2, -0.15) is 13.2 Å². The molecular formula is C13H14F4N2O2. The Morgan fingerprint density at radius 2 is 1.90 bits per heavy atom. The number of rotatable bonds is 4. The highest BCUT2D eigenvalue weighted by atomic mass is 19.4. The van der Waals surface area contributed by atoms with Gasteiger partial charge in [-0.05, 0) is 30.7 Å². The number of carbonyl (C=O) groups excluding carboxylic acids is 2. The standard InChI is InChI=1S/C13H14F4N2O2/c1-8-5-9(14)3-4-10(8)12(21)19(2)6-11(20)18-7-13(15,16)17/h3-5H,6-7H2,1-2H3,(H,18,20). The van der Waals surface area contributed by atoms with Crippen LogP contribution in [-0.2, 0) is 4.79 Å². The summed E-state index contributed by atoms with van der Waals surface area (Å²) < 4.78 is 48.7. The van der Waals surface area contributed by atoms with E-state index >= 15 is 0 Å². The molecular weight excluding hydrogens is 292 g/mol. The van der Waals surface area contributed by atoms with Gasteiger partial charge in [0.15, 0.2) is 0 Å². The Bertz CT molecular complexity index is 543. The van der Waals surface area contributed by atoms with Crippen LogP contribution in [0, 0.1) is 12.7 Å². The molecule has 0 heterocycles. The second-order valence-corrected chi connectivity index (χ2v) is 4.51. The average Bonchev–Trinajstić information content (AvgIpc) is 2.34. The number of aryl methyl sites for hydroxylation is 1. The number of amides is 2. The summed E-state index contributed by atoms with van der Waals surface area (Å²) >= 11 is 0. The first-order valence-electron chi connectivity index (χ1n) is 5.95. The molecule has 8 heteroatoms. The molecule has 0 bridgehead atoms. The minimum Gasteiger partial charge on any atom is -0.345 e. The van der Waals surface area contributed by atoms with Crippen LogP contribution in [0.5, 0.6) is 0 Å². The summed E-state index contributed by atoms with van der Waals surface area (Å²) in [6.45, 7) is -0.455. The van der Waals surface area contributed by atoms with Crippen molar-refractivity contribution in [3.63, 3.8) is 0 Å². The molecule has 1 aromatic rings. The Morgan fingerprint density at radius 1 is 1.29 bits per heavy atom. The molecule has 0 saturated carbocycles. The van der Waals surface area contributed by atoms with Gasteiger partial charge in [-0.25, -0.2) is 4.39 Å². The van der Waals surface area contributed by atoms with E-state index in [9.17, 15) is 27.2 Å². The Balaban J connectivity index is 2.64. The van der Waals surface area contributed by atoms with Crippen LogP contribution in [0.25, 0.3) is 0 Å². The summed E-state index contributed by atoms with van der Waals surface area (Å²) in [7, 11) is 1.28. The van der Waals surface area contributed by atoms with E-state index in [1.165, 1.54) is 20.0 Å². The van der Waals surface area contributed by atoms with Gasteiger partial charge < -0.3 is 10.2 Å². The lowest BCUT2D eigenvalue weighted by Crippen LogP contribution is -2.41. The van der Waals surface area contributed by atoms with Gasteiger partial charge >= 0.3 is 6.18 Å². The molecule has 116 valence electrons. The fraction of sp³-hybridized carbons (Fsp3) is 0.385. The first kappa shape index (κ1) is 16.9. The van der Waals surface area contributed by atoms with Crippen LogP contribution >= 0.6 is 0 Å². The molecule has 0 fully saturated rings. The van der Waals surface area contributed by atoms with Gasteiger partial charge in [-0.15, -0.1) is 0 Å². The molecule has 21 heavy (non-hydrogen) atoms. The number of nitrogens with one attached hydrogen (secondary N) is 1. The van der Waals surface area contributed by atoms with Crippen LogP contribution in [-0.4, -0.2) is 43.0 Å². The van der Waals surface area contributed by atoms with Gasteiger partial charge in [-0.1, -0.05) is 0 Å². The van der Waals surface area contributed by atoms with Gasteiger partial charge in [0.25, 0.3) is 5.91 Å². The first-order chi connectivity index (χ1) is 9.60. The first-order valence-corrected chi connectivity index (χ1v) is 5.95. The maximum atomic E-state index is 12.9. The van der Waals surface area contributed by atoms with Crippen LogP contribution in [0.4, 0.5) is 17.6 Å². The van der Waals surface area contributed by atoms with Crippen LogP contribution in [0.15, 0.2) is 18.2 Å². The number of carbonyl (C=O) groups is 2. The number of likely N-dealkylation sites (N-methyl/N-ethyl adjacent to an activating group) is 1. The molecule has 2 amide bonds. The lowest BCUT2D eigenvalue weighted by molar-refractivity contribution is -0.138. The minimum absolute atomic E-state index is 0.183. The Kier molecular flexibility index (Phi) is 5.28. The van der Waals surface area contributed by atoms with Gasteiger partial charge in [-0.3, -0.25) is 9.59 Å². The van der Waals surface area contributed by atoms with Crippen LogP contribution in [0.2, 0.25) is 0 Å². The maximum absolute atomic E-state index is 12.9. The predicted molar refractivity (Wildman–Crippen MR) is 67.2 cm³/mol. The summed E-state index contributed by atoms with van der Waals surface area (Å²) in [6.07, 6.45) is -4.51. The topological polar surface area (TPSA) is 49.4 Å². The van der Waals surface area contributed by atoms with E-state index in [1.807, 2.05) is 0 Å². The van der Waals surface area contributed by atoms with E-state index in [-0.39, 0.29) is 5.56 Å². The molecule has 0 unspecified atom stereocenters. The Morgan fingerprint density at radius 3 is 2.43 bits per heavy atom. The summed E-state index contributed by atoms with van der Waals surface area (Å²) in [5.74, 6) is -2.01. The molecule has 0 aliphatic carbocycles. The fourth-order valence-corrected chi connectivity index (χ4v) is 1.61. The highest BCUT2D eigenvalue weighted by Gasteiger charge is 2.28. The zero-order valence-electron chi connectivity index (χ0n) is 11.4. The van der Waals surface area contributed by atoms with Crippen molar-refractivity contribution < 1.29 is 27.2 Å². The molecule has 0 radical (unpaired) electrons. The van der Waals surface area contributed by atoms with Crippen LogP contribution < -0.4 is 5.32 Å². The number of nitrogens with zero attached hydrogens (tertiary/aromatic N) is 1. The summed E-state index contributed by atoms with van der Waals surface area (Å²) in [5, 5.41) is 1.67. The highest BCUT2D eigenvalue weighted by molar-refractivity contribution is 5.97. The maximum Gasteiger partial charge on any atom is 0.405 e. The second kappa shape index (κ2) is 6.55. The molecule has 0 saturated heterocycles. The summed E-state index contributed by atoms with van der Waals surface area (Å²) in [6, 6.07) is 3.51. The number of alkyl halides is 3. The van der Waals surface area contributed by atoms with Crippen molar-refractivity contribution in [3.05, 3.63) is 35.1 Å². The quantitative estimate of drug-likeness (QED) is 0.864. The van der Waals surface area contributed by atoms with E-state index in [2.05, 4.69) is 0 Å². The molecule has 1 N–H and O–H groups in total. The second-order valence-electron chi connectivity index (χ2n) is 4.51. The fourth-order valence-electron chi connectivity index (χ4n) is 1.61. The SMILES string of the molecule is Cc1cc(F)ccc1C(=O)N(C)CC(=O)NCC(F)(F)F. The highest BCUT2D eigenvalue weighted by Crippen LogP contribution is 2.13. The van der Waals surface area contributed by atoms with Crippen molar-refractivity contribution in [1.82, 2.24) is 10.2 Å². The predicted octanol–water partition coefficient (Wildman–Crippen LogP) is 1.88. The third-order valence-electron chi connectivity index (χ3n) is 2.63. The van der Waals surface area contributed by atoms with Crippen molar-refractivity contribution in [2.24, 2.45) is 0 Å². The van der Waals surface area contributed by atoms with Crippen molar-refractivity contribution >= 4 is 11.8 Å². The van der Waals surface area contributed by atoms with Crippen LogP contribution in [0.3, 0.4) is 0 Å². The summed E-state index contributed by atoms with van der Waals surface area (Å²) in [5.41, 5.74) is 0.560. The molecule has 1 rings (SSSR count). The zero-order chi connectivity index (χ0) is 16.2. The number of halogens is 4. The molecule has 0 atom stereocenters. The number of hydrogen-bond acceptors (Lipinski definition) is 2. The average molecular weight is 306 g/mol. The lowest BCUT2D eigenvalue weighted by atomic mass is 10.1. The number of hydrogen-bond donors (Lipinski definition) is 1. The third-order valence-corrected chi connectivity index (χ3v) is 2.63. The van der Waals surface area contributed by atoms with Gasteiger partial charge in [0.1, 0.15) is 12.4 Å². The third kappa shape index (κ3) is 5.41. The van der Waals surface area contributed by atoms with E-state index in [4.69, 9.17) is 0 Å². The lowest BCUT2D eigenvalue weighted by Gasteiger charge is -2.18. The molecule has 0 spiro atoms. The van der Waals surface area contributed by atoms with E-state index < -0.39 is 36.9 Å². The Hall–Kier alpha value is -2.12. The van der Waals surface area contributed by atoms with Gasteiger partial charge in [0, 0.05) is 12.6 Å². The minimum atomic E-state index is -4.51. The van der Waals surface area contributed by atoms with Crippen LogP contribution in [0.1, 0.15) is 15.9 Å². The smallest absolute Gasteiger partial charge is 0.345 e. The monoisotopic (exact) mass is 306 g/mol. The van der Waals surface area contributed by atoms with Crippen molar-refractivity contribution in [2.75, 3.05) is 20.1 Å². The zero-order valence-corrected chi connectivity index (χ0v) is 11.4. The number of benzene rings is 1. The summed E-state index contributed by atoms with van der Waals surface area (Å²) in [4.78, 5) is 24.3. The van der Waals surface area contributed by atoms with Gasteiger partial charge in [0.05, 0.1) is 6.54 Å². The van der Waals surface area contributed by atoms with E-state index in [0.717, 1.165) is 17.0 Å². The molecule has 0 aliphatic heterocycles. The van der Waals surface area contributed by atoms with E-state index in [1.54, 1.807) is 5.32 Å². The molecule has 1 aromatic carbocycles.